The summed E-state index contributed by atoms with van der Waals surface area (Å²) in [5.74, 6) is -0.274. The summed E-state index contributed by atoms with van der Waals surface area (Å²) in [7, 11) is 1.63. The molecule has 0 bridgehead atoms. The van der Waals surface area contributed by atoms with Gasteiger partial charge in [0.05, 0.1) is 24.0 Å². The third kappa shape index (κ3) is 4.19. The quantitative estimate of drug-likeness (QED) is 0.751. The number of furan rings is 1. The van der Waals surface area contributed by atoms with Crippen molar-refractivity contribution in [3.8, 4) is 0 Å². The molecule has 1 heterocycles. The molecule has 2 aromatic rings. The predicted molar refractivity (Wildman–Crippen MR) is 93.7 cm³/mol. The Morgan fingerprint density at radius 1 is 1.20 bits per heavy atom. The molecule has 1 aliphatic rings. The second kappa shape index (κ2) is 7.40. The van der Waals surface area contributed by atoms with Crippen LogP contribution in [0, 0.1) is 0 Å². The molecule has 7 heteroatoms. The number of urea groups is 1. The lowest BCUT2D eigenvalue weighted by Gasteiger charge is -2.41. The van der Waals surface area contributed by atoms with Gasteiger partial charge in [0, 0.05) is 18.5 Å². The molecule has 0 unspecified atom stereocenters. The van der Waals surface area contributed by atoms with Crippen molar-refractivity contribution in [1.82, 2.24) is 5.32 Å². The minimum Gasteiger partial charge on any atom is -0.472 e. The van der Waals surface area contributed by atoms with Crippen molar-refractivity contribution in [1.29, 1.82) is 0 Å². The third-order valence-electron chi connectivity index (χ3n) is 4.27. The SMILES string of the molecule is COCC1(NC(=O)Nc2cccc(NC(=O)c3ccoc3)c2)CCC1. The molecule has 0 radical (unpaired) electrons. The van der Waals surface area contributed by atoms with Crippen molar-refractivity contribution < 1.29 is 18.7 Å². The number of amides is 3. The molecule has 0 atom stereocenters. The first-order valence-electron chi connectivity index (χ1n) is 8.12. The summed E-state index contributed by atoms with van der Waals surface area (Å²) in [6.45, 7) is 0.501. The number of hydrogen-bond acceptors (Lipinski definition) is 4. The van der Waals surface area contributed by atoms with Crippen molar-refractivity contribution in [2.24, 2.45) is 0 Å². The highest BCUT2D eigenvalue weighted by molar-refractivity contribution is 6.04. The van der Waals surface area contributed by atoms with Crippen LogP contribution in [0.15, 0.2) is 47.3 Å². The second-order valence-electron chi connectivity index (χ2n) is 6.19. The maximum Gasteiger partial charge on any atom is 0.319 e. The van der Waals surface area contributed by atoms with Crippen LogP contribution in [-0.2, 0) is 4.74 Å². The average molecular weight is 343 g/mol. The molecule has 0 saturated heterocycles. The summed E-state index contributed by atoms with van der Waals surface area (Å²) < 4.78 is 10.1. The molecule has 3 rings (SSSR count). The molecule has 25 heavy (non-hydrogen) atoms. The van der Waals surface area contributed by atoms with Gasteiger partial charge in [-0.2, -0.15) is 0 Å². The van der Waals surface area contributed by atoms with Crippen LogP contribution in [0.2, 0.25) is 0 Å². The highest BCUT2D eigenvalue weighted by atomic mass is 16.5. The van der Waals surface area contributed by atoms with Crippen LogP contribution in [0.5, 0.6) is 0 Å². The maximum atomic E-state index is 12.2. The van der Waals surface area contributed by atoms with Crippen molar-refractivity contribution in [3.05, 3.63) is 48.4 Å². The number of rotatable bonds is 6. The van der Waals surface area contributed by atoms with Gasteiger partial charge in [-0.05, 0) is 43.5 Å². The Hall–Kier alpha value is -2.80. The Kier molecular flexibility index (Phi) is 5.04. The lowest BCUT2D eigenvalue weighted by atomic mass is 9.77. The van der Waals surface area contributed by atoms with Gasteiger partial charge < -0.3 is 25.1 Å². The van der Waals surface area contributed by atoms with Gasteiger partial charge in [0.1, 0.15) is 6.26 Å². The summed E-state index contributed by atoms with van der Waals surface area (Å²) in [5.41, 5.74) is 1.34. The molecular formula is C18H21N3O4. The number of methoxy groups -OCH3 is 1. The van der Waals surface area contributed by atoms with Gasteiger partial charge >= 0.3 is 6.03 Å². The number of hydrogen-bond donors (Lipinski definition) is 3. The zero-order valence-corrected chi connectivity index (χ0v) is 14.0. The van der Waals surface area contributed by atoms with Crippen LogP contribution >= 0.6 is 0 Å². The molecule has 0 spiro atoms. The number of benzene rings is 1. The van der Waals surface area contributed by atoms with E-state index in [1.54, 1.807) is 37.4 Å². The van der Waals surface area contributed by atoms with Crippen molar-refractivity contribution in [3.63, 3.8) is 0 Å². The molecule has 1 aromatic carbocycles. The molecule has 7 nitrogen and oxygen atoms in total. The van der Waals surface area contributed by atoms with E-state index in [0.717, 1.165) is 19.3 Å². The summed E-state index contributed by atoms with van der Waals surface area (Å²) in [5, 5.41) is 8.54. The fraction of sp³-hybridized carbons (Fsp3) is 0.333. The van der Waals surface area contributed by atoms with E-state index in [0.29, 0.717) is 23.5 Å². The molecule has 1 aliphatic carbocycles. The zero-order chi connectivity index (χ0) is 17.7. The summed E-state index contributed by atoms with van der Waals surface area (Å²) in [6.07, 6.45) is 5.72. The van der Waals surface area contributed by atoms with Gasteiger partial charge in [0.15, 0.2) is 0 Å². The van der Waals surface area contributed by atoms with Gasteiger partial charge in [-0.25, -0.2) is 4.79 Å². The Bertz CT molecular complexity index is 739. The maximum absolute atomic E-state index is 12.2. The number of anilines is 2. The minimum atomic E-state index is -0.282. The molecular weight excluding hydrogens is 322 g/mol. The van der Waals surface area contributed by atoms with E-state index < -0.39 is 0 Å². The fourth-order valence-corrected chi connectivity index (χ4v) is 2.86. The Balaban J connectivity index is 1.59. The Morgan fingerprint density at radius 2 is 1.96 bits per heavy atom. The Morgan fingerprint density at radius 3 is 2.56 bits per heavy atom. The number of nitrogens with one attached hydrogen (secondary N) is 3. The molecule has 1 saturated carbocycles. The second-order valence-corrected chi connectivity index (χ2v) is 6.19. The summed E-state index contributed by atoms with van der Waals surface area (Å²) >= 11 is 0. The number of ether oxygens (including phenoxy) is 1. The van der Waals surface area contributed by atoms with Crippen molar-refractivity contribution in [2.45, 2.75) is 24.8 Å². The normalized spacial score (nSPS) is 15.1. The minimum absolute atomic E-state index is 0.272. The lowest BCUT2D eigenvalue weighted by Crippen LogP contribution is -2.57. The standard InChI is InChI=1S/C18H21N3O4/c1-24-12-18(7-3-8-18)21-17(23)20-15-5-2-4-14(10-15)19-16(22)13-6-9-25-11-13/h2,4-6,9-11H,3,7-8,12H2,1H3,(H,19,22)(H2,20,21,23). The van der Waals surface area contributed by atoms with Crippen LogP contribution in [0.3, 0.4) is 0 Å². The van der Waals surface area contributed by atoms with Gasteiger partial charge in [-0.15, -0.1) is 0 Å². The molecule has 132 valence electrons. The first-order valence-corrected chi connectivity index (χ1v) is 8.12. The zero-order valence-electron chi connectivity index (χ0n) is 14.0. The average Bonchev–Trinajstić information content (AvgIpc) is 3.07. The Labute approximate surface area is 145 Å². The van der Waals surface area contributed by atoms with E-state index in [1.807, 2.05) is 0 Å². The predicted octanol–water partition coefficient (Wildman–Crippen LogP) is 3.22. The van der Waals surface area contributed by atoms with E-state index in [1.165, 1.54) is 12.5 Å². The van der Waals surface area contributed by atoms with Crippen LogP contribution in [0.25, 0.3) is 0 Å². The third-order valence-corrected chi connectivity index (χ3v) is 4.27. The molecule has 3 N–H and O–H groups in total. The van der Waals surface area contributed by atoms with Crippen molar-refractivity contribution >= 4 is 23.3 Å². The van der Waals surface area contributed by atoms with Gasteiger partial charge in [0.25, 0.3) is 5.91 Å². The van der Waals surface area contributed by atoms with E-state index in [9.17, 15) is 9.59 Å². The molecule has 1 aromatic heterocycles. The van der Waals surface area contributed by atoms with E-state index >= 15 is 0 Å². The summed E-state index contributed by atoms with van der Waals surface area (Å²) in [6, 6.07) is 8.26. The smallest absolute Gasteiger partial charge is 0.319 e. The van der Waals surface area contributed by atoms with Crippen LogP contribution in [0.4, 0.5) is 16.2 Å². The highest BCUT2D eigenvalue weighted by Gasteiger charge is 2.38. The van der Waals surface area contributed by atoms with Crippen molar-refractivity contribution in [2.75, 3.05) is 24.4 Å². The first kappa shape index (κ1) is 17.0. The fourth-order valence-electron chi connectivity index (χ4n) is 2.86. The van der Waals surface area contributed by atoms with Crippen LogP contribution in [0.1, 0.15) is 29.6 Å². The van der Waals surface area contributed by atoms with E-state index in [-0.39, 0.29) is 17.5 Å². The van der Waals surface area contributed by atoms with Gasteiger partial charge in [-0.1, -0.05) is 6.07 Å². The topological polar surface area (TPSA) is 92.6 Å². The molecule has 0 aliphatic heterocycles. The van der Waals surface area contributed by atoms with Gasteiger partial charge in [0.2, 0.25) is 0 Å². The monoisotopic (exact) mass is 343 g/mol. The number of carbonyl (C=O) groups excluding carboxylic acids is 2. The largest absolute Gasteiger partial charge is 0.472 e. The van der Waals surface area contributed by atoms with Crippen LogP contribution < -0.4 is 16.0 Å². The highest BCUT2D eigenvalue weighted by Crippen LogP contribution is 2.32. The van der Waals surface area contributed by atoms with Gasteiger partial charge in [-0.3, -0.25) is 4.79 Å². The van der Waals surface area contributed by atoms with E-state index in [2.05, 4.69) is 16.0 Å². The molecule has 1 fully saturated rings. The molecule has 3 amide bonds. The number of carbonyl (C=O) groups is 2. The summed E-state index contributed by atoms with van der Waals surface area (Å²) in [4.78, 5) is 24.3. The van der Waals surface area contributed by atoms with Crippen LogP contribution in [-0.4, -0.2) is 31.2 Å². The lowest BCUT2D eigenvalue weighted by molar-refractivity contribution is 0.0648. The first-order chi connectivity index (χ1) is 12.1. The van der Waals surface area contributed by atoms with E-state index in [4.69, 9.17) is 9.15 Å².